The molecule has 0 saturated heterocycles. The third-order valence-corrected chi connectivity index (χ3v) is 2.91. The molecule has 21 heavy (non-hydrogen) atoms. The van der Waals surface area contributed by atoms with E-state index in [1.165, 1.54) is 13.0 Å². The Labute approximate surface area is 122 Å². The van der Waals surface area contributed by atoms with Crippen molar-refractivity contribution in [2.45, 2.75) is 39.1 Å². The molecule has 0 saturated carbocycles. The van der Waals surface area contributed by atoms with Crippen LogP contribution in [0, 0.1) is 0 Å². The second-order valence-corrected chi connectivity index (χ2v) is 4.60. The summed E-state index contributed by atoms with van der Waals surface area (Å²) in [6.07, 6.45) is 1.37. The maximum absolute atomic E-state index is 11.7. The van der Waals surface area contributed by atoms with E-state index in [1.54, 1.807) is 19.9 Å². The molecule has 0 spiro atoms. The van der Waals surface area contributed by atoms with E-state index in [1.807, 2.05) is 0 Å². The molecule has 0 aromatic rings. The Bertz CT molecular complexity index is 480. The molecule has 0 aliphatic carbocycles. The van der Waals surface area contributed by atoms with Crippen LogP contribution in [-0.2, 0) is 23.9 Å². The number of cyclic esters (lactones) is 1. The highest BCUT2D eigenvalue weighted by atomic mass is 16.6. The minimum Gasteiger partial charge on any atom is -0.453 e. The van der Waals surface area contributed by atoms with Crippen LogP contribution >= 0.6 is 0 Å². The zero-order chi connectivity index (χ0) is 16.0. The second-order valence-electron chi connectivity index (χ2n) is 4.60. The van der Waals surface area contributed by atoms with Crippen LogP contribution in [0.25, 0.3) is 0 Å². The van der Waals surface area contributed by atoms with Crippen molar-refractivity contribution in [1.82, 2.24) is 5.32 Å². The van der Waals surface area contributed by atoms with Crippen LogP contribution in [-0.4, -0.2) is 47.8 Å². The quantitative estimate of drug-likeness (QED) is 0.540. The molecule has 0 bridgehead atoms. The van der Waals surface area contributed by atoms with Crippen LogP contribution in [0.2, 0.25) is 0 Å². The summed E-state index contributed by atoms with van der Waals surface area (Å²) >= 11 is 0. The van der Waals surface area contributed by atoms with Crippen molar-refractivity contribution in [3.8, 4) is 0 Å². The van der Waals surface area contributed by atoms with Gasteiger partial charge in [-0.3, -0.25) is 4.79 Å². The highest BCUT2D eigenvalue weighted by molar-refractivity contribution is 5.88. The van der Waals surface area contributed by atoms with Crippen molar-refractivity contribution in [1.29, 1.82) is 0 Å². The van der Waals surface area contributed by atoms with Gasteiger partial charge < -0.3 is 19.9 Å². The van der Waals surface area contributed by atoms with Crippen molar-refractivity contribution in [3.63, 3.8) is 0 Å². The van der Waals surface area contributed by atoms with Crippen LogP contribution in [0.1, 0.15) is 20.8 Å². The lowest BCUT2D eigenvalue weighted by atomic mass is 10.1. The molecule has 1 amide bonds. The fraction of sp³-hybridized carbons (Fsp3) is 0.500. The number of carbonyl (C=O) groups excluding carboxylic acids is 3. The van der Waals surface area contributed by atoms with Gasteiger partial charge >= 0.3 is 11.9 Å². The first kappa shape index (κ1) is 16.9. The first-order valence-corrected chi connectivity index (χ1v) is 6.53. The first-order valence-electron chi connectivity index (χ1n) is 6.53. The van der Waals surface area contributed by atoms with E-state index in [0.29, 0.717) is 5.57 Å². The Kier molecular flexibility index (Phi) is 6.10. The predicted molar refractivity (Wildman–Crippen MR) is 73.0 cm³/mol. The summed E-state index contributed by atoms with van der Waals surface area (Å²) in [5.74, 6) is -1.71. The van der Waals surface area contributed by atoms with Crippen molar-refractivity contribution in [3.05, 3.63) is 23.8 Å². The topological polar surface area (TPSA) is 102 Å². The van der Waals surface area contributed by atoms with Crippen molar-refractivity contribution >= 4 is 17.8 Å². The number of allylic oxidation sites excluding steroid dienone is 1. The number of rotatable bonds is 5. The van der Waals surface area contributed by atoms with Crippen LogP contribution in [0.15, 0.2) is 23.8 Å². The fourth-order valence-electron chi connectivity index (χ4n) is 1.51. The Morgan fingerprint density at radius 3 is 2.81 bits per heavy atom. The van der Waals surface area contributed by atoms with Gasteiger partial charge in [-0.15, -0.1) is 0 Å². The molecule has 0 fully saturated rings. The number of ether oxygens (including phenoxy) is 2. The molecular formula is C14H19NO6. The van der Waals surface area contributed by atoms with E-state index in [0.717, 1.165) is 6.08 Å². The minimum absolute atomic E-state index is 0.0629. The zero-order valence-electron chi connectivity index (χ0n) is 12.2. The zero-order valence-corrected chi connectivity index (χ0v) is 12.2. The number of aliphatic hydroxyl groups is 1. The van der Waals surface area contributed by atoms with E-state index in [9.17, 15) is 14.4 Å². The lowest BCUT2D eigenvalue weighted by Gasteiger charge is -2.27. The summed E-state index contributed by atoms with van der Waals surface area (Å²) in [4.78, 5) is 34.3. The van der Waals surface area contributed by atoms with Crippen LogP contribution in [0.5, 0.6) is 0 Å². The van der Waals surface area contributed by atoms with Crippen molar-refractivity contribution in [2.75, 3.05) is 6.54 Å². The summed E-state index contributed by atoms with van der Waals surface area (Å²) in [5.41, 5.74) is 0.423. The fourth-order valence-corrected chi connectivity index (χ4v) is 1.51. The van der Waals surface area contributed by atoms with Crippen molar-refractivity contribution < 1.29 is 29.0 Å². The van der Waals surface area contributed by atoms with Gasteiger partial charge in [-0.1, -0.05) is 6.08 Å². The van der Waals surface area contributed by atoms with E-state index < -0.39 is 36.2 Å². The molecule has 1 aliphatic heterocycles. The van der Waals surface area contributed by atoms with Gasteiger partial charge in [0.1, 0.15) is 6.10 Å². The number of aliphatic hydroxyl groups excluding tert-OH is 1. The Morgan fingerprint density at radius 1 is 1.57 bits per heavy atom. The lowest BCUT2D eigenvalue weighted by molar-refractivity contribution is -0.161. The molecule has 116 valence electrons. The van der Waals surface area contributed by atoms with Gasteiger partial charge in [-0.25, -0.2) is 9.59 Å². The molecule has 7 heteroatoms. The number of carbonyl (C=O) groups is 3. The highest BCUT2D eigenvalue weighted by Crippen LogP contribution is 2.14. The van der Waals surface area contributed by atoms with Crippen LogP contribution in [0.4, 0.5) is 0 Å². The SMILES string of the molecule is C/C=C(\C)C(=O)O[C@@H]1C=CC(=O)O[C@H]1CNC(=O)[C@H](C)O. The molecule has 0 unspecified atom stereocenters. The van der Waals surface area contributed by atoms with Gasteiger partial charge in [0.25, 0.3) is 0 Å². The summed E-state index contributed by atoms with van der Waals surface area (Å²) in [5, 5.41) is 11.5. The number of hydrogen-bond donors (Lipinski definition) is 2. The van der Waals surface area contributed by atoms with Gasteiger partial charge in [-0.05, 0) is 26.8 Å². The molecule has 2 N–H and O–H groups in total. The maximum atomic E-state index is 11.7. The smallest absolute Gasteiger partial charge is 0.334 e. The number of hydrogen-bond acceptors (Lipinski definition) is 6. The average Bonchev–Trinajstić information content (AvgIpc) is 2.45. The monoisotopic (exact) mass is 297 g/mol. The Hall–Kier alpha value is -2.15. The standard InChI is InChI=1S/C14H19NO6/c1-4-8(2)14(19)21-10-5-6-12(17)20-11(10)7-15-13(18)9(3)16/h4-6,9-11,16H,7H2,1-3H3,(H,15,18)/b8-4+/t9-,10+,11-/m0/s1. The van der Waals surface area contributed by atoms with Crippen LogP contribution < -0.4 is 5.32 Å². The molecule has 7 nitrogen and oxygen atoms in total. The van der Waals surface area contributed by atoms with Gasteiger partial charge in [0.05, 0.1) is 6.54 Å². The molecule has 0 aromatic heterocycles. The largest absolute Gasteiger partial charge is 0.453 e. The molecule has 1 rings (SSSR count). The summed E-state index contributed by atoms with van der Waals surface area (Å²) < 4.78 is 10.2. The third-order valence-electron chi connectivity index (χ3n) is 2.91. The average molecular weight is 297 g/mol. The van der Waals surface area contributed by atoms with E-state index >= 15 is 0 Å². The highest BCUT2D eigenvalue weighted by Gasteiger charge is 2.30. The number of nitrogens with one attached hydrogen (secondary N) is 1. The van der Waals surface area contributed by atoms with E-state index in [4.69, 9.17) is 14.6 Å². The minimum atomic E-state index is -1.17. The molecule has 3 atom stereocenters. The van der Waals surface area contributed by atoms with Crippen LogP contribution in [0.3, 0.4) is 0 Å². The molecular weight excluding hydrogens is 278 g/mol. The Morgan fingerprint density at radius 2 is 2.24 bits per heavy atom. The second kappa shape index (κ2) is 7.58. The number of esters is 2. The summed E-state index contributed by atoms with van der Waals surface area (Å²) in [6.45, 7) is 4.56. The predicted octanol–water partition coefficient (Wildman–Crippen LogP) is -0.157. The molecule has 0 radical (unpaired) electrons. The van der Waals surface area contributed by atoms with Gasteiger partial charge in [0.15, 0.2) is 12.2 Å². The molecule has 0 aromatic carbocycles. The number of amides is 1. The Balaban J connectivity index is 2.70. The third kappa shape index (κ3) is 5.03. The van der Waals surface area contributed by atoms with E-state index in [2.05, 4.69) is 5.32 Å². The van der Waals surface area contributed by atoms with Gasteiger partial charge in [0.2, 0.25) is 5.91 Å². The maximum Gasteiger partial charge on any atom is 0.334 e. The molecule has 1 heterocycles. The normalized spacial score (nSPS) is 23.2. The van der Waals surface area contributed by atoms with Gasteiger partial charge in [0, 0.05) is 11.6 Å². The van der Waals surface area contributed by atoms with E-state index in [-0.39, 0.29) is 6.54 Å². The lowest BCUT2D eigenvalue weighted by Crippen LogP contribution is -2.46. The first-order chi connectivity index (χ1) is 9.85. The van der Waals surface area contributed by atoms with Gasteiger partial charge in [-0.2, -0.15) is 0 Å². The molecule has 1 aliphatic rings. The summed E-state index contributed by atoms with van der Waals surface area (Å²) in [7, 11) is 0. The summed E-state index contributed by atoms with van der Waals surface area (Å²) in [6, 6.07) is 0. The van der Waals surface area contributed by atoms with Crippen molar-refractivity contribution in [2.24, 2.45) is 0 Å².